The van der Waals surface area contributed by atoms with Gasteiger partial charge in [0.2, 0.25) is 5.82 Å². The van der Waals surface area contributed by atoms with Crippen LogP contribution >= 0.6 is 0 Å². The number of aromatic nitrogens is 3. The first-order chi connectivity index (χ1) is 15.3. The quantitative estimate of drug-likeness (QED) is 0.455. The van der Waals surface area contributed by atoms with Crippen molar-refractivity contribution in [1.29, 1.82) is 0 Å². The number of halogens is 3. The Bertz CT molecular complexity index is 1330. The van der Waals surface area contributed by atoms with Gasteiger partial charge in [0, 0.05) is 28.4 Å². The van der Waals surface area contributed by atoms with Gasteiger partial charge in [-0.05, 0) is 48.6 Å². The van der Waals surface area contributed by atoms with E-state index in [2.05, 4.69) is 20.9 Å². The number of aryl methyl sites for hydroxylation is 1. The molecule has 5 rings (SSSR count). The number of alkyl halides is 3. The van der Waals surface area contributed by atoms with Gasteiger partial charge < -0.3 is 18.9 Å². The minimum atomic E-state index is -4.80. The first-order valence-electron chi connectivity index (χ1n) is 9.83. The second kappa shape index (κ2) is 7.40. The maximum atomic E-state index is 12.5. The lowest BCUT2D eigenvalue weighted by Gasteiger charge is -2.13. The van der Waals surface area contributed by atoms with Gasteiger partial charge in [-0.25, -0.2) is 0 Å². The molecule has 1 atom stereocenters. The van der Waals surface area contributed by atoms with Gasteiger partial charge in [-0.1, -0.05) is 23.4 Å². The third kappa shape index (κ3) is 3.79. The number of aliphatic carboxylic acids is 1. The van der Waals surface area contributed by atoms with Crippen LogP contribution in [0.5, 0.6) is 5.75 Å². The van der Waals surface area contributed by atoms with Gasteiger partial charge in [0.05, 0.1) is 6.42 Å². The molecule has 1 aliphatic rings. The highest BCUT2D eigenvalue weighted by molar-refractivity contribution is 5.86. The fourth-order valence-electron chi connectivity index (χ4n) is 4.16. The van der Waals surface area contributed by atoms with Crippen molar-refractivity contribution in [3.05, 3.63) is 54.2 Å². The molecule has 10 heteroatoms. The third-order valence-corrected chi connectivity index (χ3v) is 5.43. The van der Waals surface area contributed by atoms with Gasteiger partial charge >= 0.3 is 12.3 Å². The number of carboxylic acid groups (broad SMARTS) is 1. The summed E-state index contributed by atoms with van der Waals surface area (Å²) >= 11 is 0. The topological polar surface area (TPSA) is 90.4 Å². The summed E-state index contributed by atoms with van der Waals surface area (Å²) in [6, 6.07) is 12.8. The van der Waals surface area contributed by atoms with Crippen LogP contribution in [0.1, 0.15) is 24.6 Å². The Kier molecular flexibility index (Phi) is 4.65. The molecule has 7 nitrogen and oxygen atoms in total. The monoisotopic (exact) mass is 443 g/mol. The molecule has 4 aromatic rings. The van der Waals surface area contributed by atoms with Crippen molar-refractivity contribution in [1.82, 2.24) is 14.7 Å². The molecule has 3 heterocycles. The summed E-state index contributed by atoms with van der Waals surface area (Å²) in [5.74, 6) is -0.908. The van der Waals surface area contributed by atoms with Crippen molar-refractivity contribution >= 4 is 16.9 Å². The van der Waals surface area contributed by atoms with Crippen LogP contribution in [0.3, 0.4) is 0 Å². The number of benzene rings is 2. The molecular weight excluding hydrogens is 427 g/mol. The number of carboxylic acids is 1. The number of ether oxygens (including phenoxy) is 1. The average Bonchev–Trinajstić information content (AvgIpc) is 3.42. The molecule has 32 heavy (non-hydrogen) atoms. The Morgan fingerprint density at radius 1 is 1.19 bits per heavy atom. The third-order valence-electron chi connectivity index (χ3n) is 5.43. The van der Waals surface area contributed by atoms with Crippen LogP contribution in [0.15, 0.2) is 53.1 Å². The standard InChI is InChI=1S/C22H16F3N3O4/c23-22(24,25)31-17-3-1-2-14(9-17)21-26-20(27-32-21)13-5-4-12-8-15-6-7-16(11-19(29)30)28(15)18(12)10-13/h1-5,8-10,16H,6-7,11H2,(H,29,30). The Labute approximate surface area is 179 Å². The highest BCUT2D eigenvalue weighted by Crippen LogP contribution is 2.37. The van der Waals surface area contributed by atoms with E-state index in [9.17, 15) is 23.1 Å². The lowest BCUT2D eigenvalue weighted by molar-refractivity contribution is -0.274. The van der Waals surface area contributed by atoms with Crippen molar-refractivity contribution in [3.63, 3.8) is 0 Å². The molecule has 0 fully saturated rings. The summed E-state index contributed by atoms with van der Waals surface area (Å²) in [6.45, 7) is 0. The first-order valence-corrected chi connectivity index (χ1v) is 9.83. The van der Waals surface area contributed by atoms with Gasteiger partial charge in [-0.3, -0.25) is 4.79 Å². The SMILES string of the molecule is O=C(O)CC1CCc2cc3ccc(-c4noc(-c5cccc(OC(F)(F)F)c5)n4)cc3n21. The molecule has 1 aliphatic heterocycles. The normalized spacial score (nSPS) is 15.8. The van der Waals surface area contributed by atoms with E-state index in [1.54, 1.807) is 6.07 Å². The van der Waals surface area contributed by atoms with Crippen LogP contribution in [-0.4, -0.2) is 32.1 Å². The number of hydrogen-bond donors (Lipinski definition) is 1. The molecule has 0 amide bonds. The van der Waals surface area contributed by atoms with E-state index >= 15 is 0 Å². The Hall–Kier alpha value is -3.82. The zero-order valence-corrected chi connectivity index (χ0v) is 16.5. The van der Waals surface area contributed by atoms with Crippen molar-refractivity contribution in [2.75, 3.05) is 0 Å². The van der Waals surface area contributed by atoms with Crippen molar-refractivity contribution < 1.29 is 32.3 Å². The van der Waals surface area contributed by atoms with Crippen molar-refractivity contribution in [2.24, 2.45) is 0 Å². The molecule has 1 unspecified atom stereocenters. The smallest absolute Gasteiger partial charge is 0.481 e. The van der Waals surface area contributed by atoms with E-state index < -0.39 is 12.3 Å². The first kappa shape index (κ1) is 20.1. The number of rotatable bonds is 5. The van der Waals surface area contributed by atoms with Gasteiger partial charge in [0.25, 0.3) is 5.89 Å². The average molecular weight is 443 g/mol. The zero-order chi connectivity index (χ0) is 22.5. The molecule has 0 spiro atoms. The molecule has 2 aromatic heterocycles. The van der Waals surface area contributed by atoms with Gasteiger partial charge in [-0.15, -0.1) is 13.2 Å². The van der Waals surface area contributed by atoms with E-state index in [1.165, 1.54) is 18.2 Å². The fraction of sp³-hybridized carbons (Fsp3) is 0.227. The largest absolute Gasteiger partial charge is 0.573 e. The summed E-state index contributed by atoms with van der Waals surface area (Å²) in [6.07, 6.45) is -3.18. The molecular formula is C22H16F3N3O4. The maximum Gasteiger partial charge on any atom is 0.573 e. The fourth-order valence-corrected chi connectivity index (χ4v) is 4.16. The number of carbonyl (C=O) groups is 1. The van der Waals surface area contributed by atoms with Crippen LogP contribution in [0.2, 0.25) is 0 Å². The Morgan fingerprint density at radius 2 is 2.03 bits per heavy atom. The van der Waals surface area contributed by atoms with Crippen LogP contribution in [0.4, 0.5) is 13.2 Å². The lowest BCUT2D eigenvalue weighted by Crippen LogP contribution is -2.17. The molecule has 1 N–H and O–H groups in total. The van der Waals surface area contributed by atoms with Crippen LogP contribution < -0.4 is 4.74 Å². The van der Waals surface area contributed by atoms with Crippen LogP contribution in [0.25, 0.3) is 33.7 Å². The van der Waals surface area contributed by atoms with Crippen molar-refractivity contribution in [3.8, 4) is 28.6 Å². The second-order valence-electron chi connectivity index (χ2n) is 7.57. The Balaban J connectivity index is 1.48. The number of fused-ring (bicyclic) bond motifs is 3. The summed E-state index contributed by atoms with van der Waals surface area (Å²) in [5, 5.41) is 14.2. The molecule has 0 saturated carbocycles. The molecule has 164 valence electrons. The minimum absolute atomic E-state index is 0.0453. The van der Waals surface area contributed by atoms with E-state index in [0.717, 1.165) is 29.4 Å². The lowest BCUT2D eigenvalue weighted by atomic mass is 10.1. The molecule has 0 bridgehead atoms. The predicted molar refractivity (Wildman–Crippen MR) is 107 cm³/mol. The molecule has 2 aromatic carbocycles. The van der Waals surface area contributed by atoms with Crippen molar-refractivity contribution in [2.45, 2.75) is 31.7 Å². The van der Waals surface area contributed by atoms with E-state index in [0.29, 0.717) is 5.56 Å². The second-order valence-corrected chi connectivity index (χ2v) is 7.57. The number of hydrogen-bond acceptors (Lipinski definition) is 5. The van der Waals surface area contributed by atoms with Crippen LogP contribution in [-0.2, 0) is 11.2 Å². The Morgan fingerprint density at radius 3 is 2.81 bits per heavy atom. The summed E-state index contributed by atoms with van der Waals surface area (Å²) < 4.78 is 48.7. The number of nitrogens with zero attached hydrogens (tertiary/aromatic N) is 3. The van der Waals surface area contributed by atoms with E-state index in [-0.39, 0.29) is 35.5 Å². The highest BCUT2D eigenvalue weighted by atomic mass is 19.4. The minimum Gasteiger partial charge on any atom is -0.481 e. The summed E-state index contributed by atoms with van der Waals surface area (Å²) in [7, 11) is 0. The molecule has 0 aliphatic carbocycles. The van der Waals surface area contributed by atoms with Gasteiger partial charge in [-0.2, -0.15) is 4.98 Å². The predicted octanol–water partition coefficient (Wildman–Crippen LogP) is 5.22. The maximum absolute atomic E-state index is 12.5. The van der Waals surface area contributed by atoms with E-state index in [1.807, 2.05) is 22.8 Å². The molecule has 0 saturated heterocycles. The summed E-state index contributed by atoms with van der Waals surface area (Å²) in [5.41, 5.74) is 2.90. The zero-order valence-electron chi connectivity index (χ0n) is 16.5. The van der Waals surface area contributed by atoms with Crippen LogP contribution in [0, 0.1) is 0 Å². The molecule has 0 radical (unpaired) electrons. The van der Waals surface area contributed by atoms with Gasteiger partial charge in [0.1, 0.15) is 5.75 Å². The van der Waals surface area contributed by atoms with Gasteiger partial charge in [0.15, 0.2) is 0 Å². The highest BCUT2D eigenvalue weighted by Gasteiger charge is 2.31. The summed E-state index contributed by atoms with van der Waals surface area (Å²) in [4.78, 5) is 15.6. The van der Waals surface area contributed by atoms with E-state index in [4.69, 9.17) is 4.52 Å².